The summed E-state index contributed by atoms with van der Waals surface area (Å²) in [7, 11) is 0. The fourth-order valence-electron chi connectivity index (χ4n) is 3.09. The maximum Gasteiger partial charge on any atom is 0.326 e. The van der Waals surface area contributed by atoms with Gasteiger partial charge in [-0.1, -0.05) is 13.8 Å². The lowest BCUT2D eigenvalue weighted by atomic mass is 10.0. The van der Waals surface area contributed by atoms with Crippen LogP contribution in [0.3, 0.4) is 0 Å². The highest BCUT2D eigenvalue weighted by Gasteiger charge is 2.30. The minimum Gasteiger partial charge on any atom is -0.481 e. The Kier molecular flexibility index (Phi) is 10.2. The second-order valence-electron chi connectivity index (χ2n) is 7.90. The average molecular weight is 428 g/mol. The van der Waals surface area contributed by atoms with Crippen molar-refractivity contribution in [2.45, 2.75) is 77.0 Å². The van der Waals surface area contributed by atoms with Crippen LogP contribution in [0.4, 0.5) is 0 Å². The lowest BCUT2D eigenvalue weighted by Gasteiger charge is -2.23. The fourth-order valence-corrected chi connectivity index (χ4v) is 3.09. The van der Waals surface area contributed by atoms with Crippen LogP contribution >= 0.6 is 0 Å². The van der Waals surface area contributed by atoms with Gasteiger partial charge in [0.1, 0.15) is 18.1 Å². The fraction of sp³-hybridized carbons (Fsp3) is 0.737. The third-order valence-electron chi connectivity index (χ3n) is 4.73. The van der Waals surface area contributed by atoms with Crippen LogP contribution in [0.5, 0.6) is 0 Å². The molecule has 11 nitrogen and oxygen atoms in total. The first-order valence-electron chi connectivity index (χ1n) is 10.1. The van der Waals surface area contributed by atoms with Crippen molar-refractivity contribution in [3.8, 4) is 0 Å². The predicted octanol–water partition coefficient (Wildman–Crippen LogP) is -0.792. The number of carboxylic acid groups (broad SMARTS) is 2. The number of hydrogen-bond acceptors (Lipinski definition) is 6. The topological polar surface area (TPSA) is 174 Å². The minimum absolute atomic E-state index is 0.0381. The average Bonchev–Trinajstić information content (AvgIpc) is 3.18. The van der Waals surface area contributed by atoms with Crippen molar-refractivity contribution < 1.29 is 34.2 Å². The van der Waals surface area contributed by atoms with E-state index >= 15 is 0 Å². The van der Waals surface area contributed by atoms with Gasteiger partial charge in [0.15, 0.2) is 0 Å². The normalized spacial score (nSPS) is 18.9. The van der Waals surface area contributed by atoms with Gasteiger partial charge < -0.3 is 31.5 Å². The van der Waals surface area contributed by atoms with Crippen molar-refractivity contribution in [3.05, 3.63) is 0 Å². The Labute approximate surface area is 175 Å². The first-order valence-corrected chi connectivity index (χ1v) is 10.1. The van der Waals surface area contributed by atoms with Gasteiger partial charge in [-0.2, -0.15) is 0 Å². The number of amides is 3. The van der Waals surface area contributed by atoms with E-state index in [2.05, 4.69) is 21.3 Å². The zero-order valence-electron chi connectivity index (χ0n) is 17.6. The Balaban J connectivity index is 2.72. The smallest absolute Gasteiger partial charge is 0.326 e. The standard InChI is InChI=1S/C19H32N4O7/c1-10(2)9-14(19(29)30)23-16(26)11(3)21-18(28)13(6-7-15(24)25)22-17(27)12-5-4-8-20-12/h10-14,20H,4-9H2,1-3H3,(H,21,28)(H,22,27)(H,23,26)(H,24,25)(H,29,30). The van der Waals surface area contributed by atoms with E-state index in [1.54, 1.807) is 0 Å². The van der Waals surface area contributed by atoms with Gasteiger partial charge in [0.2, 0.25) is 17.7 Å². The molecular weight excluding hydrogens is 396 g/mol. The molecule has 30 heavy (non-hydrogen) atoms. The van der Waals surface area contributed by atoms with E-state index in [1.807, 2.05) is 13.8 Å². The molecule has 11 heteroatoms. The van der Waals surface area contributed by atoms with Gasteiger partial charge in [0, 0.05) is 6.42 Å². The first-order chi connectivity index (χ1) is 14.0. The van der Waals surface area contributed by atoms with Crippen molar-refractivity contribution in [1.29, 1.82) is 0 Å². The van der Waals surface area contributed by atoms with Crippen molar-refractivity contribution in [2.24, 2.45) is 5.92 Å². The van der Waals surface area contributed by atoms with Gasteiger partial charge in [0.25, 0.3) is 0 Å². The van der Waals surface area contributed by atoms with E-state index in [1.165, 1.54) is 6.92 Å². The summed E-state index contributed by atoms with van der Waals surface area (Å²) in [5.74, 6) is -4.05. The van der Waals surface area contributed by atoms with Gasteiger partial charge >= 0.3 is 11.9 Å². The van der Waals surface area contributed by atoms with Gasteiger partial charge in [-0.05, 0) is 45.1 Å². The summed E-state index contributed by atoms with van der Waals surface area (Å²) in [6.45, 7) is 5.71. The summed E-state index contributed by atoms with van der Waals surface area (Å²) >= 11 is 0. The van der Waals surface area contributed by atoms with E-state index in [-0.39, 0.29) is 25.2 Å². The molecule has 1 fully saturated rings. The summed E-state index contributed by atoms with van der Waals surface area (Å²) in [6.07, 6.45) is 1.19. The number of carboxylic acids is 2. The summed E-state index contributed by atoms with van der Waals surface area (Å²) in [5.41, 5.74) is 0. The molecule has 0 bridgehead atoms. The monoisotopic (exact) mass is 428 g/mol. The van der Waals surface area contributed by atoms with Crippen LogP contribution in [0.15, 0.2) is 0 Å². The van der Waals surface area contributed by atoms with Crippen LogP contribution in [0.1, 0.15) is 52.9 Å². The van der Waals surface area contributed by atoms with Gasteiger partial charge in [-0.15, -0.1) is 0 Å². The van der Waals surface area contributed by atoms with Crippen LogP contribution in [0, 0.1) is 5.92 Å². The zero-order valence-corrected chi connectivity index (χ0v) is 17.6. The third-order valence-corrected chi connectivity index (χ3v) is 4.73. The van der Waals surface area contributed by atoms with Crippen LogP contribution in [0.25, 0.3) is 0 Å². The van der Waals surface area contributed by atoms with Gasteiger partial charge in [0.05, 0.1) is 6.04 Å². The molecule has 1 aliphatic heterocycles. The molecule has 1 rings (SSSR count). The number of nitrogens with one attached hydrogen (secondary N) is 4. The molecule has 0 spiro atoms. The summed E-state index contributed by atoms with van der Waals surface area (Å²) in [5, 5.41) is 28.5. The Morgan fingerprint density at radius 1 is 0.967 bits per heavy atom. The lowest BCUT2D eigenvalue weighted by Crippen LogP contribution is -2.56. The maximum atomic E-state index is 12.6. The lowest BCUT2D eigenvalue weighted by molar-refractivity contribution is -0.142. The van der Waals surface area contributed by atoms with Crippen LogP contribution in [-0.2, 0) is 24.0 Å². The van der Waals surface area contributed by atoms with E-state index in [0.717, 1.165) is 6.42 Å². The Bertz CT molecular complexity index is 647. The van der Waals surface area contributed by atoms with Crippen molar-refractivity contribution in [1.82, 2.24) is 21.3 Å². The molecule has 1 aliphatic rings. The molecule has 0 aromatic carbocycles. The van der Waals surface area contributed by atoms with E-state index < -0.39 is 53.8 Å². The molecule has 0 saturated carbocycles. The number of carbonyl (C=O) groups is 5. The molecule has 0 aliphatic carbocycles. The molecule has 4 unspecified atom stereocenters. The first kappa shape index (κ1) is 25.3. The summed E-state index contributed by atoms with van der Waals surface area (Å²) in [4.78, 5) is 59.4. The van der Waals surface area contributed by atoms with Crippen molar-refractivity contribution in [2.75, 3.05) is 6.54 Å². The maximum absolute atomic E-state index is 12.6. The van der Waals surface area contributed by atoms with E-state index in [9.17, 15) is 29.1 Å². The molecule has 4 atom stereocenters. The second kappa shape index (κ2) is 12.1. The summed E-state index contributed by atoms with van der Waals surface area (Å²) in [6, 6.07) is -3.73. The van der Waals surface area contributed by atoms with Gasteiger partial charge in [-0.3, -0.25) is 19.2 Å². The third kappa shape index (κ3) is 8.76. The Morgan fingerprint density at radius 3 is 2.13 bits per heavy atom. The SMILES string of the molecule is CC(C)CC(NC(=O)C(C)NC(=O)C(CCC(=O)O)NC(=O)C1CCCN1)C(=O)O. The number of carbonyl (C=O) groups excluding carboxylic acids is 3. The highest BCUT2D eigenvalue weighted by Crippen LogP contribution is 2.08. The molecule has 6 N–H and O–H groups in total. The van der Waals surface area contributed by atoms with Crippen LogP contribution in [0.2, 0.25) is 0 Å². The van der Waals surface area contributed by atoms with Crippen molar-refractivity contribution >= 4 is 29.7 Å². The molecule has 0 radical (unpaired) electrons. The van der Waals surface area contributed by atoms with Crippen molar-refractivity contribution in [3.63, 3.8) is 0 Å². The predicted molar refractivity (Wildman–Crippen MR) is 106 cm³/mol. The minimum atomic E-state index is -1.17. The molecule has 170 valence electrons. The summed E-state index contributed by atoms with van der Waals surface area (Å²) < 4.78 is 0. The molecule has 1 heterocycles. The van der Waals surface area contributed by atoms with Gasteiger partial charge in [-0.25, -0.2) is 4.79 Å². The molecule has 1 saturated heterocycles. The number of rotatable bonds is 12. The van der Waals surface area contributed by atoms with Crippen LogP contribution in [-0.4, -0.2) is 70.6 Å². The largest absolute Gasteiger partial charge is 0.481 e. The molecule has 0 aromatic rings. The Hall–Kier alpha value is -2.69. The number of aliphatic carboxylic acids is 2. The highest BCUT2D eigenvalue weighted by atomic mass is 16.4. The van der Waals surface area contributed by atoms with E-state index in [0.29, 0.717) is 13.0 Å². The van der Waals surface area contributed by atoms with Crippen LogP contribution < -0.4 is 21.3 Å². The zero-order chi connectivity index (χ0) is 22.8. The second-order valence-corrected chi connectivity index (χ2v) is 7.90. The highest BCUT2D eigenvalue weighted by molar-refractivity contribution is 5.94. The number of hydrogen-bond donors (Lipinski definition) is 6. The van der Waals surface area contributed by atoms with E-state index in [4.69, 9.17) is 5.11 Å². The quantitative estimate of drug-likeness (QED) is 0.234. The Morgan fingerprint density at radius 2 is 1.63 bits per heavy atom. The molecule has 0 aromatic heterocycles. The molecular formula is C19H32N4O7. The molecule has 3 amide bonds.